The van der Waals surface area contributed by atoms with Gasteiger partial charge in [0.1, 0.15) is 6.29 Å². The number of halogens is 1. The summed E-state index contributed by atoms with van der Waals surface area (Å²) in [7, 11) is -3.58. The van der Waals surface area contributed by atoms with Crippen LogP contribution < -0.4 is 0 Å². The lowest BCUT2D eigenvalue weighted by Gasteiger charge is -1.90. The van der Waals surface area contributed by atoms with E-state index in [0.717, 1.165) is 0 Å². The Morgan fingerprint density at radius 2 is 2.00 bits per heavy atom. The van der Waals surface area contributed by atoms with Gasteiger partial charge in [0, 0.05) is 6.42 Å². The number of hydrogen-bond donors (Lipinski definition) is 0. The molecule has 0 rings (SSSR count). The largest absolute Gasteiger partial charge is 0.303 e. The maximum Gasteiger partial charge on any atom is 0.190 e. The summed E-state index contributed by atoms with van der Waals surface area (Å²) >= 11 is 0. The summed E-state index contributed by atoms with van der Waals surface area (Å²) in [6.45, 7) is 0. The fraction of sp³-hybridized carbons (Fsp3) is 0.750. The fourth-order valence-corrected chi connectivity index (χ4v) is 0.847. The molecule has 54 valence electrons. The summed E-state index contributed by atoms with van der Waals surface area (Å²) in [5.41, 5.74) is 0. The van der Waals surface area contributed by atoms with Crippen molar-refractivity contribution < 1.29 is 17.6 Å². The molecule has 0 aromatic carbocycles. The van der Waals surface area contributed by atoms with Gasteiger partial charge in [-0.25, -0.2) is 12.8 Å². The molecule has 9 heavy (non-hydrogen) atoms. The zero-order valence-corrected chi connectivity index (χ0v) is 5.53. The van der Waals surface area contributed by atoms with E-state index in [1.54, 1.807) is 0 Å². The van der Waals surface area contributed by atoms with Crippen molar-refractivity contribution in [2.75, 3.05) is 11.8 Å². The second-order valence-corrected chi connectivity index (χ2v) is 3.63. The Morgan fingerprint density at radius 1 is 1.44 bits per heavy atom. The molecule has 3 nitrogen and oxygen atoms in total. The average Bonchev–Trinajstić information content (AvgIpc) is 1.84. The van der Waals surface area contributed by atoms with Crippen molar-refractivity contribution in [2.24, 2.45) is 0 Å². The number of aldehydes is 1. The quantitative estimate of drug-likeness (QED) is 0.532. The van der Waals surface area contributed by atoms with Crippen LogP contribution in [-0.2, 0) is 14.6 Å². The van der Waals surface area contributed by atoms with E-state index in [2.05, 4.69) is 0 Å². The van der Waals surface area contributed by atoms with Crippen LogP contribution in [-0.4, -0.2) is 26.5 Å². The van der Waals surface area contributed by atoms with Crippen LogP contribution in [0.15, 0.2) is 0 Å². The van der Waals surface area contributed by atoms with Gasteiger partial charge in [-0.1, -0.05) is 0 Å². The van der Waals surface area contributed by atoms with Crippen molar-refractivity contribution in [1.82, 2.24) is 0 Å². The molecule has 0 saturated heterocycles. The van der Waals surface area contributed by atoms with E-state index in [4.69, 9.17) is 0 Å². The number of carbonyl (C=O) groups excluding carboxylic acids is 1. The van der Waals surface area contributed by atoms with Gasteiger partial charge in [0.2, 0.25) is 0 Å². The van der Waals surface area contributed by atoms with Crippen LogP contribution in [0.2, 0.25) is 0 Å². The minimum Gasteiger partial charge on any atom is -0.303 e. The molecule has 0 saturated carbocycles. The highest BCUT2D eigenvalue weighted by atomic mass is 32.2. The molecule has 0 amide bonds. The van der Waals surface area contributed by atoms with E-state index in [1.165, 1.54) is 0 Å². The van der Waals surface area contributed by atoms with Gasteiger partial charge in [-0.3, -0.25) is 0 Å². The van der Waals surface area contributed by atoms with Crippen LogP contribution in [0.1, 0.15) is 6.42 Å². The molecule has 0 fully saturated rings. The van der Waals surface area contributed by atoms with Crippen molar-refractivity contribution >= 4 is 16.1 Å². The molecule has 0 aromatic heterocycles. The predicted octanol–water partition coefficient (Wildman–Crippen LogP) is -0.0828. The normalized spacial score (nSPS) is 11.2. The molecule has 0 unspecified atom stereocenters. The fourth-order valence-electron chi connectivity index (χ4n) is 0.282. The third-order valence-electron chi connectivity index (χ3n) is 0.713. The van der Waals surface area contributed by atoms with Crippen LogP contribution >= 0.6 is 0 Å². The number of alkyl halides is 1. The lowest BCUT2D eigenvalue weighted by atomic mass is 10.6. The highest BCUT2D eigenvalue weighted by Gasteiger charge is 2.07. The Bertz CT molecular complexity index is 172. The van der Waals surface area contributed by atoms with Gasteiger partial charge in [-0.05, 0) is 0 Å². The molecular formula is C4H7FO3S. The highest BCUT2D eigenvalue weighted by molar-refractivity contribution is 7.91. The SMILES string of the molecule is O=CCCS(=O)(=O)CF. The first-order valence-electron chi connectivity index (χ1n) is 2.32. The molecule has 0 aliphatic rings. The predicted molar refractivity (Wildman–Crippen MR) is 30.4 cm³/mol. The summed E-state index contributed by atoms with van der Waals surface area (Å²) in [4.78, 5) is 9.58. The first-order chi connectivity index (χ1) is 4.12. The second-order valence-electron chi connectivity index (χ2n) is 1.51. The molecule has 0 N–H and O–H groups in total. The number of sulfone groups is 1. The molecule has 0 aromatic rings. The minimum absolute atomic E-state index is 0.119. The maximum atomic E-state index is 11.4. The third-order valence-corrected chi connectivity index (χ3v) is 1.90. The van der Waals surface area contributed by atoms with Gasteiger partial charge in [0.05, 0.1) is 5.75 Å². The molecule has 0 aliphatic heterocycles. The van der Waals surface area contributed by atoms with Crippen LogP contribution in [0.3, 0.4) is 0 Å². The molecule has 0 bridgehead atoms. The lowest BCUT2D eigenvalue weighted by Crippen LogP contribution is -2.07. The van der Waals surface area contributed by atoms with Gasteiger partial charge in [-0.2, -0.15) is 0 Å². The zero-order valence-electron chi connectivity index (χ0n) is 4.71. The number of hydrogen-bond acceptors (Lipinski definition) is 3. The van der Waals surface area contributed by atoms with Crippen molar-refractivity contribution in [3.8, 4) is 0 Å². The summed E-state index contributed by atoms with van der Waals surface area (Å²) in [6.07, 6.45) is 0.333. The summed E-state index contributed by atoms with van der Waals surface area (Å²) in [5.74, 6) is -0.382. The summed E-state index contributed by atoms with van der Waals surface area (Å²) in [6, 6.07) is -1.37. The van der Waals surface area contributed by atoms with Crippen molar-refractivity contribution in [3.63, 3.8) is 0 Å². The van der Waals surface area contributed by atoms with Gasteiger partial charge in [-0.15, -0.1) is 0 Å². The average molecular weight is 154 g/mol. The number of carbonyl (C=O) groups is 1. The topological polar surface area (TPSA) is 51.2 Å². The molecule has 5 heteroatoms. The molecule has 0 spiro atoms. The molecule has 0 radical (unpaired) electrons. The summed E-state index contributed by atoms with van der Waals surface area (Å²) < 4.78 is 31.8. The molecular weight excluding hydrogens is 147 g/mol. The molecule has 0 atom stereocenters. The monoisotopic (exact) mass is 154 g/mol. The molecule has 0 aliphatic carbocycles. The van der Waals surface area contributed by atoms with Crippen LogP contribution in [0.5, 0.6) is 0 Å². The Hall–Kier alpha value is -0.450. The smallest absolute Gasteiger partial charge is 0.190 e. The van der Waals surface area contributed by atoms with Gasteiger partial charge >= 0.3 is 0 Å². The Balaban J connectivity index is 3.74. The van der Waals surface area contributed by atoms with Gasteiger partial charge in [0.25, 0.3) is 0 Å². The van der Waals surface area contributed by atoms with E-state index < -0.39 is 15.8 Å². The zero-order chi connectivity index (χ0) is 7.33. The minimum atomic E-state index is -3.58. The van der Waals surface area contributed by atoms with Crippen molar-refractivity contribution in [1.29, 1.82) is 0 Å². The number of rotatable bonds is 4. The third kappa shape index (κ3) is 4.08. The van der Waals surface area contributed by atoms with E-state index in [0.29, 0.717) is 6.29 Å². The highest BCUT2D eigenvalue weighted by Crippen LogP contribution is 1.91. The van der Waals surface area contributed by atoms with Gasteiger partial charge in [0.15, 0.2) is 15.8 Å². The Labute approximate surface area is 52.8 Å². The Kier molecular flexibility index (Phi) is 3.37. The van der Waals surface area contributed by atoms with Crippen LogP contribution in [0.4, 0.5) is 4.39 Å². The van der Waals surface area contributed by atoms with Crippen molar-refractivity contribution in [3.05, 3.63) is 0 Å². The van der Waals surface area contributed by atoms with E-state index in [-0.39, 0.29) is 12.2 Å². The maximum absolute atomic E-state index is 11.4. The van der Waals surface area contributed by atoms with Crippen LogP contribution in [0.25, 0.3) is 0 Å². The van der Waals surface area contributed by atoms with Crippen molar-refractivity contribution in [2.45, 2.75) is 6.42 Å². The standard InChI is InChI=1S/C4H7FO3S/c5-4-9(7,8)3-1-2-6/h2H,1,3-4H2. The molecule has 0 heterocycles. The van der Waals surface area contributed by atoms with Gasteiger partial charge < -0.3 is 4.79 Å². The summed E-state index contributed by atoms with van der Waals surface area (Å²) in [5, 5.41) is 0. The van der Waals surface area contributed by atoms with E-state index >= 15 is 0 Å². The first kappa shape index (κ1) is 8.55. The van der Waals surface area contributed by atoms with E-state index in [1.807, 2.05) is 0 Å². The first-order valence-corrected chi connectivity index (χ1v) is 4.14. The Morgan fingerprint density at radius 3 is 2.33 bits per heavy atom. The lowest BCUT2D eigenvalue weighted by molar-refractivity contribution is -0.107. The van der Waals surface area contributed by atoms with E-state index in [9.17, 15) is 17.6 Å². The second kappa shape index (κ2) is 3.55. The van der Waals surface area contributed by atoms with Crippen LogP contribution in [0, 0.1) is 0 Å².